The topological polar surface area (TPSA) is 96.2 Å². The van der Waals surface area contributed by atoms with Crippen LogP contribution in [0.1, 0.15) is 20.3 Å². The second kappa shape index (κ2) is 4.12. The number of hydrogen-bond donors (Lipinski definition) is 2. The third kappa shape index (κ3) is 2.15. The van der Waals surface area contributed by atoms with Crippen LogP contribution < -0.4 is 0 Å². The van der Waals surface area contributed by atoms with E-state index in [0.717, 1.165) is 0 Å². The second-order valence-corrected chi connectivity index (χ2v) is 3.00. The first-order valence-corrected chi connectivity index (χ1v) is 4.42. The van der Waals surface area contributed by atoms with Gasteiger partial charge in [0.1, 0.15) is 11.9 Å². The fourth-order valence-electron chi connectivity index (χ4n) is 1.10. The molecule has 15 heavy (non-hydrogen) atoms. The molecule has 0 bridgehead atoms. The van der Waals surface area contributed by atoms with Gasteiger partial charge in [0.25, 0.3) is 0 Å². The van der Waals surface area contributed by atoms with Gasteiger partial charge in [-0.05, 0) is 6.92 Å². The van der Waals surface area contributed by atoms with Crippen molar-refractivity contribution in [2.75, 3.05) is 0 Å². The van der Waals surface area contributed by atoms with Crippen molar-refractivity contribution in [2.45, 2.75) is 26.4 Å². The van der Waals surface area contributed by atoms with Gasteiger partial charge in [-0.3, -0.25) is 0 Å². The molecular formula is C9H11NO5. The normalized spacial score (nSPS) is 24.3. The molecular weight excluding hydrogens is 202 g/mol. The quantitative estimate of drug-likeness (QED) is 0.398. The number of allylic oxidation sites excluding steroid dienone is 1. The highest BCUT2D eigenvalue weighted by molar-refractivity contribution is 6.38. The van der Waals surface area contributed by atoms with Gasteiger partial charge in [-0.2, -0.15) is 0 Å². The number of carbonyl (C=O) groups excluding carboxylic acids is 1. The van der Waals surface area contributed by atoms with Crippen LogP contribution >= 0.6 is 0 Å². The highest BCUT2D eigenvalue weighted by atomic mass is 16.5. The number of aliphatic imine (C=N–C) groups is 1. The Morgan fingerprint density at radius 2 is 2.13 bits per heavy atom. The molecule has 1 rings (SSSR count). The molecule has 0 amide bonds. The zero-order valence-corrected chi connectivity index (χ0v) is 8.35. The zero-order chi connectivity index (χ0) is 11.6. The van der Waals surface area contributed by atoms with Crippen LogP contribution in [-0.4, -0.2) is 34.0 Å². The number of esters is 1. The van der Waals surface area contributed by atoms with E-state index in [9.17, 15) is 14.7 Å². The lowest BCUT2D eigenvalue weighted by Crippen LogP contribution is -2.35. The number of aliphatic hydroxyl groups excluding tert-OH is 1. The smallest absolute Gasteiger partial charge is 0.361 e. The average Bonchev–Trinajstić information content (AvgIpc) is 2.16. The van der Waals surface area contributed by atoms with Gasteiger partial charge in [0, 0.05) is 6.42 Å². The summed E-state index contributed by atoms with van der Waals surface area (Å²) in [5, 5.41) is 18.1. The number of hydrogen-bond acceptors (Lipinski definition) is 5. The van der Waals surface area contributed by atoms with Crippen LogP contribution in [0.25, 0.3) is 0 Å². The number of nitrogens with zero attached hydrogens (tertiary/aromatic N) is 1. The second-order valence-electron chi connectivity index (χ2n) is 3.00. The van der Waals surface area contributed by atoms with Crippen LogP contribution in [-0.2, 0) is 14.3 Å². The summed E-state index contributed by atoms with van der Waals surface area (Å²) in [6, 6.07) is 0. The molecule has 82 valence electrons. The van der Waals surface area contributed by atoms with E-state index < -0.39 is 18.0 Å². The maximum Gasteiger partial charge on any atom is 0.361 e. The average molecular weight is 213 g/mol. The predicted octanol–water partition coefficient (Wildman–Crippen LogP) is 0.637. The van der Waals surface area contributed by atoms with Gasteiger partial charge in [-0.15, -0.1) is 0 Å². The highest BCUT2D eigenvalue weighted by Gasteiger charge is 2.31. The van der Waals surface area contributed by atoms with Crippen LogP contribution in [0.5, 0.6) is 0 Å². The number of carboxylic acids is 1. The lowest BCUT2D eigenvalue weighted by atomic mass is 10.2. The monoisotopic (exact) mass is 213 g/mol. The van der Waals surface area contributed by atoms with Crippen molar-refractivity contribution in [1.29, 1.82) is 0 Å². The molecule has 1 atom stereocenters. The van der Waals surface area contributed by atoms with Gasteiger partial charge < -0.3 is 14.9 Å². The number of aliphatic carboxylic acids is 1. The number of rotatable bonds is 2. The number of carbonyl (C=O) groups is 2. The van der Waals surface area contributed by atoms with Gasteiger partial charge in [-0.25, -0.2) is 14.6 Å². The largest absolute Gasteiger partial charge is 0.510 e. The van der Waals surface area contributed by atoms with Crippen LogP contribution in [0.2, 0.25) is 0 Å². The Hall–Kier alpha value is -1.85. The van der Waals surface area contributed by atoms with E-state index in [2.05, 4.69) is 4.99 Å². The first kappa shape index (κ1) is 11.2. The van der Waals surface area contributed by atoms with Crippen molar-refractivity contribution in [3.05, 3.63) is 11.5 Å². The minimum Gasteiger partial charge on any atom is -0.510 e. The summed E-state index contributed by atoms with van der Waals surface area (Å²) in [6.45, 7) is 3.02. The third-order valence-electron chi connectivity index (χ3n) is 1.92. The predicted molar refractivity (Wildman–Crippen MR) is 50.6 cm³/mol. The van der Waals surface area contributed by atoms with E-state index in [1.165, 1.54) is 6.92 Å². The molecule has 6 nitrogen and oxygen atoms in total. The van der Waals surface area contributed by atoms with Gasteiger partial charge in [0.15, 0.2) is 11.4 Å². The molecule has 0 saturated heterocycles. The van der Waals surface area contributed by atoms with Crippen LogP contribution in [0.15, 0.2) is 16.4 Å². The van der Waals surface area contributed by atoms with E-state index >= 15 is 0 Å². The third-order valence-corrected chi connectivity index (χ3v) is 1.92. The molecule has 1 heterocycles. The molecule has 0 aromatic heterocycles. The summed E-state index contributed by atoms with van der Waals surface area (Å²) in [5.74, 6) is -2.34. The lowest BCUT2D eigenvalue weighted by molar-refractivity contribution is -0.142. The van der Waals surface area contributed by atoms with Crippen molar-refractivity contribution < 1.29 is 24.5 Å². The summed E-state index contributed by atoms with van der Waals surface area (Å²) in [6.07, 6.45) is -0.710. The molecule has 0 saturated carbocycles. The molecule has 0 unspecified atom stereocenters. The maximum absolute atomic E-state index is 11.2. The maximum atomic E-state index is 11.2. The zero-order valence-electron chi connectivity index (χ0n) is 8.35. The fourth-order valence-corrected chi connectivity index (χ4v) is 1.10. The SMILES string of the molecule is CCC(O)=C1N=C(C(=O)O)[C@@H](C)OC1=O. The first-order chi connectivity index (χ1) is 6.97. The summed E-state index contributed by atoms with van der Waals surface area (Å²) in [4.78, 5) is 25.5. The Bertz CT molecular complexity index is 369. The summed E-state index contributed by atoms with van der Waals surface area (Å²) >= 11 is 0. The minimum atomic E-state index is -1.27. The summed E-state index contributed by atoms with van der Waals surface area (Å²) in [7, 11) is 0. The number of carboxylic acid groups (broad SMARTS) is 1. The summed E-state index contributed by atoms with van der Waals surface area (Å²) in [5.41, 5.74) is -0.613. The molecule has 0 aliphatic carbocycles. The number of cyclic esters (lactones) is 1. The highest BCUT2D eigenvalue weighted by Crippen LogP contribution is 2.17. The minimum absolute atomic E-state index is 0.190. The Balaban J connectivity index is 3.20. The Morgan fingerprint density at radius 3 is 2.60 bits per heavy atom. The van der Waals surface area contributed by atoms with E-state index in [-0.39, 0.29) is 23.6 Å². The molecule has 0 fully saturated rings. The first-order valence-electron chi connectivity index (χ1n) is 4.42. The number of ether oxygens (including phenoxy) is 1. The fraction of sp³-hybridized carbons (Fsp3) is 0.444. The van der Waals surface area contributed by atoms with E-state index in [0.29, 0.717) is 0 Å². The molecule has 1 aliphatic heterocycles. The molecule has 0 aromatic rings. The van der Waals surface area contributed by atoms with E-state index in [1.54, 1.807) is 6.92 Å². The molecule has 1 aliphatic rings. The Kier molecular flexibility index (Phi) is 3.08. The molecule has 0 aromatic carbocycles. The van der Waals surface area contributed by atoms with Crippen molar-refractivity contribution in [2.24, 2.45) is 4.99 Å². The lowest BCUT2D eigenvalue weighted by Gasteiger charge is -2.19. The van der Waals surface area contributed by atoms with Gasteiger partial charge in [0.2, 0.25) is 0 Å². The summed E-state index contributed by atoms with van der Waals surface area (Å²) < 4.78 is 4.73. The van der Waals surface area contributed by atoms with Gasteiger partial charge >= 0.3 is 11.9 Å². The van der Waals surface area contributed by atoms with Crippen molar-refractivity contribution in [1.82, 2.24) is 0 Å². The van der Waals surface area contributed by atoms with E-state index in [4.69, 9.17) is 9.84 Å². The Labute approximate surface area is 85.9 Å². The van der Waals surface area contributed by atoms with Crippen LogP contribution in [0, 0.1) is 0 Å². The standard InChI is InChI=1S/C9H11NO5/c1-3-5(11)7-9(14)15-4(2)6(10-7)8(12)13/h4,11H,3H2,1-2H3,(H,12,13)/t4-/m1/s1. The Morgan fingerprint density at radius 1 is 1.53 bits per heavy atom. The van der Waals surface area contributed by atoms with Crippen LogP contribution in [0.3, 0.4) is 0 Å². The van der Waals surface area contributed by atoms with Crippen molar-refractivity contribution >= 4 is 17.7 Å². The van der Waals surface area contributed by atoms with Gasteiger partial charge in [-0.1, -0.05) is 6.92 Å². The van der Waals surface area contributed by atoms with Crippen molar-refractivity contribution in [3.63, 3.8) is 0 Å². The van der Waals surface area contributed by atoms with Gasteiger partial charge in [0.05, 0.1) is 0 Å². The number of aliphatic hydroxyl groups is 1. The molecule has 0 spiro atoms. The molecule has 0 radical (unpaired) electrons. The van der Waals surface area contributed by atoms with Crippen molar-refractivity contribution in [3.8, 4) is 0 Å². The molecule has 2 N–H and O–H groups in total. The molecule has 6 heteroatoms. The van der Waals surface area contributed by atoms with E-state index in [1.807, 2.05) is 0 Å². The van der Waals surface area contributed by atoms with Crippen LogP contribution in [0.4, 0.5) is 0 Å².